The van der Waals surface area contributed by atoms with E-state index >= 15 is 0 Å². The SMILES string of the molecule is O=C(C(=O)N1CC2(CCN(C(=O)c3ccc(-c4ccc(Cl)cc4)o3)CC2)c2cc(F)ccc21)c1ccco1. The van der Waals surface area contributed by atoms with E-state index in [1.165, 1.54) is 35.4 Å². The predicted octanol–water partition coefficient (Wildman–Crippen LogP) is 5.74. The molecule has 6 rings (SSSR count). The molecular formula is C29H22ClFN2O5. The lowest BCUT2D eigenvalue weighted by atomic mass is 9.74. The smallest absolute Gasteiger partial charge is 0.302 e. The van der Waals surface area contributed by atoms with E-state index in [1.807, 2.05) is 12.1 Å². The number of amides is 2. The van der Waals surface area contributed by atoms with E-state index in [0.29, 0.717) is 48.0 Å². The molecule has 2 aromatic carbocycles. The van der Waals surface area contributed by atoms with Crippen LogP contribution >= 0.6 is 11.6 Å². The number of hydrogen-bond donors (Lipinski definition) is 0. The summed E-state index contributed by atoms with van der Waals surface area (Å²) in [6, 6.07) is 17.8. The minimum absolute atomic E-state index is 0.0450. The van der Waals surface area contributed by atoms with Gasteiger partial charge in [0.05, 0.1) is 6.26 Å². The zero-order valence-electron chi connectivity index (χ0n) is 20.2. The maximum atomic E-state index is 14.3. The number of halogens is 2. The summed E-state index contributed by atoms with van der Waals surface area (Å²) in [6.07, 6.45) is 2.33. The van der Waals surface area contributed by atoms with Crippen LogP contribution in [0.3, 0.4) is 0 Å². The van der Waals surface area contributed by atoms with Crippen LogP contribution in [0, 0.1) is 5.82 Å². The molecule has 7 nitrogen and oxygen atoms in total. The van der Waals surface area contributed by atoms with Gasteiger partial charge in [-0.25, -0.2) is 4.39 Å². The number of anilines is 1. The van der Waals surface area contributed by atoms with Crippen LogP contribution in [0.15, 0.2) is 81.8 Å². The van der Waals surface area contributed by atoms with E-state index in [4.69, 9.17) is 20.4 Å². The molecule has 0 saturated carbocycles. The van der Waals surface area contributed by atoms with Crippen LogP contribution < -0.4 is 4.90 Å². The van der Waals surface area contributed by atoms with Crippen molar-refractivity contribution >= 4 is 34.9 Å². The lowest BCUT2D eigenvalue weighted by Gasteiger charge is -2.39. The van der Waals surface area contributed by atoms with Gasteiger partial charge in [-0.2, -0.15) is 0 Å². The quantitative estimate of drug-likeness (QED) is 0.247. The number of carbonyl (C=O) groups is 3. The highest BCUT2D eigenvalue weighted by Gasteiger charge is 2.48. The van der Waals surface area contributed by atoms with E-state index in [1.54, 1.807) is 35.2 Å². The maximum Gasteiger partial charge on any atom is 0.302 e. The number of furan rings is 2. The molecule has 4 aromatic rings. The average molecular weight is 533 g/mol. The molecule has 192 valence electrons. The Bertz CT molecular complexity index is 1540. The maximum absolute atomic E-state index is 14.3. The molecule has 0 N–H and O–H groups in total. The van der Waals surface area contributed by atoms with Gasteiger partial charge in [-0.15, -0.1) is 0 Å². The molecule has 2 aromatic heterocycles. The van der Waals surface area contributed by atoms with Crippen LogP contribution in [0.4, 0.5) is 10.1 Å². The molecule has 4 heterocycles. The lowest BCUT2D eigenvalue weighted by Crippen LogP contribution is -2.48. The van der Waals surface area contributed by atoms with Gasteiger partial charge in [-0.1, -0.05) is 11.6 Å². The number of benzene rings is 2. The lowest BCUT2D eigenvalue weighted by molar-refractivity contribution is -0.114. The molecule has 0 bridgehead atoms. The Labute approximate surface area is 222 Å². The van der Waals surface area contributed by atoms with E-state index in [0.717, 1.165) is 5.56 Å². The number of Topliss-reactive ketones (excluding diaryl/α,β-unsaturated/α-hetero) is 1. The third-order valence-electron chi connectivity index (χ3n) is 7.42. The fourth-order valence-electron chi connectivity index (χ4n) is 5.40. The first-order chi connectivity index (χ1) is 18.3. The van der Waals surface area contributed by atoms with Crippen molar-refractivity contribution in [2.45, 2.75) is 18.3 Å². The average Bonchev–Trinajstić information content (AvgIpc) is 3.69. The zero-order valence-corrected chi connectivity index (χ0v) is 20.9. The third-order valence-corrected chi connectivity index (χ3v) is 7.67. The van der Waals surface area contributed by atoms with Crippen molar-refractivity contribution in [3.8, 4) is 11.3 Å². The molecule has 1 fully saturated rings. The van der Waals surface area contributed by atoms with Gasteiger partial charge in [-0.05, 0) is 85.1 Å². The van der Waals surface area contributed by atoms with Crippen LogP contribution in [0.1, 0.15) is 39.5 Å². The van der Waals surface area contributed by atoms with Crippen molar-refractivity contribution in [2.24, 2.45) is 0 Å². The van der Waals surface area contributed by atoms with Crippen molar-refractivity contribution in [3.05, 3.63) is 101 Å². The van der Waals surface area contributed by atoms with Gasteiger partial charge in [0.2, 0.25) is 0 Å². The Morgan fingerprint density at radius 1 is 0.921 bits per heavy atom. The molecule has 2 amide bonds. The fourth-order valence-corrected chi connectivity index (χ4v) is 5.53. The largest absolute Gasteiger partial charge is 0.461 e. The number of rotatable bonds is 4. The topological polar surface area (TPSA) is 84.0 Å². The molecule has 0 unspecified atom stereocenters. The molecule has 38 heavy (non-hydrogen) atoms. The van der Waals surface area contributed by atoms with Crippen molar-refractivity contribution in [3.63, 3.8) is 0 Å². The summed E-state index contributed by atoms with van der Waals surface area (Å²) >= 11 is 5.96. The van der Waals surface area contributed by atoms with Crippen molar-refractivity contribution in [1.82, 2.24) is 4.90 Å². The van der Waals surface area contributed by atoms with Crippen molar-refractivity contribution in [2.75, 3.05) is 24.5 Å². The minimum Gasteiger partial charge on any atom is -0.461 e. The molecule has 2 aliphatic heterocycles. The van der Waals surface area contributed by atoms with Gasteiger partial charge in [0, 0.05) is 41.3 Å². The van der Waals surface area contributed by atoms with Crippen LogP contribution in [-0.2, 0) is 10.2 Å². The number of hydrogen-bond acceptors (Lipinski definition) is 5. The molecule has 0 radical (unpaired) electrons. The highest BCUT2D eigenvalue weighted by atomic mass is 35.5. The van der Waals surface area contributed by atoms with Gasteiger partial charge < -0.3 is 18.6 Å². The standard InChI is InChI=1S/C29H22ClFN2O5/c30-19-5-3-18(4-6-19)23-9-10-25(38-23)27(35)32-13-11-29(12-14-32)17-33(22-8-7-20(31)16-21(22)29)28(36)26(34)24-2-1-15-37-24/h1-10,15-16H,11-14,17H2. The number of piperidine rings is 1. The van der Waals surface area contributed by atoms with Crippen LogP contribution in [0.25, 0.3) is 11.3 Å². The van der Waals surface area contributed by atoms with Crippen molar-refractivity contribution < 1.29 is 27.6 Å². The molecule has 1 saturated heterocycles. The van der Waals surface area contributed by atoms with E-state index in [9.17, 15) is 18.8 Å². The van der Waals surface area contributed by atoms with Crippen LogP contribution in [-0.4, -0.2) is 42.1 Å². The summed E-state index contributed by atoms with van der Waals surface area (Å²) in [5.74, 6) is -1.40. The second-order valence-corrected chi connectivity index (χ2v) is 10.0. The second-order valence-electron chi connectivity index (χ2n) is 9.60. The number of carbonyl (C=O) groups excluding carboxylic acids is 3. The van der Waals surface area contributed by atoms with Crippen molar-refractivity contribution in [1.29, 1.82) is 0 Å². The summed E-state index contributed by atoms with van der Waals surface area (Å²) in [4.78, 5) is 42.2. The Morgan fingerprint density at radius 2 is 1.68 bits per heavy atom. The summed E-state index contributed by atoms with van der Waals surface area (Å²) in [5, 5.41) is 0.609. The van der Waals surface area contributed by atoms with E-state index in [2.05, 4.69) is 0 Å². The number of likely N-dealkylation sites (tertiary alicyclic amines) is 1. The predicted molar refractivity (Wildman–Crippen MR) is 138 cm³/mol. The molecule has 2 aliphatic rings. The molecule has 1 spiro atoms. The molecule has 0 atom stereocenters. The van der Waals surface area contributed by atoms with Crippen LogP contribution in [0.2, 0.25) is 5.02 Å². The first-order valence-corrected chi connectivity index (χ1v) is 12.6. The van der Waals surface area contributed by atoms with Gasteiger partial charge in [-0.3, -0.25) is 14.4 Å². The minimum atomic E-state index is -0.760. The number of fused-ring (bicyclic) bond motifs is 2. The zero-order chi connectivity index (χ0) is 26.4. The van der Waals surface area contributed by atoms with Crippen LogP contribution in [0.5, 0.6) is 0 Å². The Kier molecular flexibility index (Phi) is 5.91. The summed E-state index contributed by atoms with van der Waals surface area (Å²) in [6.45, 7) is 1.00. The number of ketones is 1. The summed E-state index contributed by atoms with van der Waals surface area (Å²) in [5.41, 5.74) is 1.41. The Hall–Kier alpha value is -4.17. The highest BCUT2D eigenvalue weighted by molar-refractivity contribution is 6.46. The van der Waals surface area contributed by atoms with Gasteiger partial charge >= 0.3 is 5.91 Å². The number of nitrogens with zero attached hydrogens (tertiary/aromatic N) is 2. The first-order valence-electron chi connectivity index (χ1n) is 12.2. The summed E-state index contributed by atoms with van der Waals surface area (Å²) in [7, 11) is 0. The molecular weight excluding hydrogens is 511 g/mol. The Balaban J connectivity index is 1.20. The third kappa shape index (κ3) is 4.11. The normalized spacial score (nSPS) is 16.1. The first kappa shape index (κ1) is 24.2. The summed E-state index contributed by atoms with van der Waals surface area (Å²) < 4.78 is 25.3. The monoisotopic (exact) mass is 532 g/mol. The van der Waals surface area contributed by atoms with E-state index in [-0.39, 0.29) is 24.0 Å². The van der Waals surface area contributed by atoms with Gasteiger partial charge in [0.1, 0.15) is 11.6 Å². The highest BCUT2D eigenvalue weighted by Crippen LogP contribution is 2.47. The van der Waals surface area contributed by atoms with Gasteiger partial charge in [0.25, 0.3) is 11.7 Å². The molecule has 9 heteroatoms. The van der Waals surface area contributed by atoms with E-state index < -0.39 is 22.9 Å². The Morgan fingerprint density at radius 3 is 2.39 bits per heavy atom. The molecule has 0 aliphatic carbocycles. The van der Waals surface area contributed by atoms with Gasteiger partial charge in [0.15, 0.2) is 11.5 Å². The second kappa shape index (κ2) is 9.29. The fraction of sp³-hybridized carbons (Fsp3) is 0.207.